The molecule has 0 saturated carbocycles. The van der Waals surface area contributed by atoms with E-state index in [9.17, 15) is 4.79 Å². The van der Waals surface area contributed by atoms with Crippen molar-refractivity contribution in [3.05, 3.63) is 12.7 Å². The van der Waals surface area contributed by atoms with Crippen molar-refractivity contribution in [3.63, 3.8) is 0 Å². The number of aliphatic carboxylic acids is 1. The van der Waals surface area contributed by atoms with Gasteiger partial charge in [0.05, 0.1) is 5.41 Å². The van der Waals surface area contributed by atoms with Crippen LogP contribution in [0.5, 0.6) is 0 Å². The lowest BCUT2D eigenvalue weighted by Crippen LogP contribution is -2.58. The average Bonchev–Trinajstić information content (AvgIpc) is 1.84. The number of carboxylic acid groups (broad SMARTS) is 1. The highest BCUT2D eigenvalue weighted by Crippen LogP contribution is 2.29. The first-order valence-corrected chi connectivity index (χ1v) is 3.65. The molecule has 62 valence electrons. The van der Waals surface area contributed by atoms with E-state index in [0.29, 0.717) is 13.1 Å². The van der Waals surface area contributed by atoms with E-state index in [2.05, 4.69) is 11.5 Å². The Labute approximate surface area is 66.3 Å². The van der Waals surface area contributed by atoms with Crippen molar-refractivity contribution < 1.29 is 9.90 Å². The first-order chi connectivity index (χ1) is 5.08. The summed E-state index contributed by atoms with van der Waals surface area (Å²) in [6.45, 7) is 7.45. The second-order valence-corrected chi connectivity index (χ2v) is 3.32. The molecule has 0 amide bonds. The summed E-state index contributed by atoms with van der Waals surface area (Å²) in [5.41, 5.74) is -0.511. The van der Waals surface area contributed by atoms with Gasteiger partial charge in [-0.1, -0.05) is 6.08 Å². The summed E-state index contributed by atoms with van der Waals surface area (Å²) in [6.07, 6.45) is 1.79. The molecule has 0 bridgehead atoms. The van der Waals surface area contributed by atoms with E-state index >= 15 is 0 Å². The van der Waals surface area contributed by atoms with Gasteiger partial charge in [0, 0.05) is 19.6 Å². The third-order valence-electron chi connectivity index (χ3n) is 2.05. The average molecular weight is 155 g/mol. The van der Waals surface area contributed by atoms with Gasteiger partial charge in [-0.05, 0) is 6.92 Å². The fourth-order valence-electron chi connectivity index (χ4n) is 1.39. The van der Waals surface area contributed by atoms with E-state index in [0.717, 1.165) is 6.54 Å². The minimum Gasteiger partial charge on any atom is -0.481 e. The van der Waals surface area contributed by atoms with Gasteiger partial charge in [0.1, 0.15) is 0 Å². The van der Waals surface area contributed by atoms with Gasteiger partial charge >= 0.3 is 5.97 Å². The Morgan fingerprint density at radius 3 is 2.73 bits per heavy atom. The Bertz CT molecular complexity index is 183. The number of likely N-dealkylation sites (tertiary alicyclic amines) is 1. The molecule has 1 heterocycles. The molecular weight excluding hydrogens is 142 g/mol. The van der Waals surface area contributed by atoms with Crippen LogP contribution in [-0.4, -0.2) is 35.6 Å². The topological polar surface area (TPSA) is 40.5 Å². The van der Waals surface area contributed by atoms with E-state index in [4.69, 9.17) is 5.11 Å². The molecule has 3 nitrogen and oxygen atoms in total. The van der Waals surface area contributed by atoms with Crippen LogP contribution < -0.4 is 0 Å². The van der Waals surface area contributed by atoms with Crippen molar-refractivity contribution in [3.8, 4) is 0 Å². The summed E-state index contributed by atoms with van der Waals surface area (Å²) in [5, 5.41) is 8.73. The van der Waals surface area contributed by atoms with Crippen LogP contribution in [0.15, 0.2) is 12.7 Å². The highest BCUT2D eigenvalue weighted by Gasteiger charge is 2.44. The van der Waals surface area contributed by atoms with Gasteiger partial charge < -0.3 is 5.11 Å². The maximum atomic E-state index is 10.6. The van der Waals surface area contributed by atoms with E-state index in [-0.39, 0.29) is 0 Å². The van der Waals surface area contributed by atoms with Crippen LogP contribution in [0.3, 0.4) is 0 Å². The SMILES string of the molecule is C=CCN1CC(C)(C(=O)O)C1. The van der Waals surface area contributed by atoms with E-state index in [1.54, 1.807) is 13.0 Å². The number of carboxylic acids is 1. The molecule has 1 aliphatic rings. The predicted octanol–water partition coefficient (Wildman–Crippen LogP) is 0.579. The van der Waals surface area contributed by atoms with E-state index < -0.39 is 11.4 Å². The minimum absolute atomic E-state index is 0.511. The lowest BCUT2D eigenvalue weighted by atomic mass is 9.82. The molecule has 0 aromatic rings. The highest BCUT2D eigenvalue weighted by atomic mass is 16.4. The second-order valence-electron chi connectivity index (χ2n) is 3.32. The Morgan fingerprint density at radius 2 is 2.36 bits per heavy atom. The van der Waals surface area contributed by atoms with E-state index in [1.807, 2.05) is 0 Å². The molecule has 0 unspecified atom stereocenters. The van der Waals surface area contributed by atoms with Crippen LogP contribution in [0.1, 0.15) is 6.92 Å². The molecule has 1 rings (SSSR count). The molecule has 0 aromatic carbocycles. The van der Waals surface area contributed by atoms with Gasteiger partial charge in [-0.25, -0.2) is 0 Å². The molecule has 0 aromatic heterocycles. The van der Waals surface area contributed by atoms with Crippen molar-refractivity contribution in [2.45, 2.75) is 6.92 Å². The maximum absolute atomic E-state index is 10.6. The molecular formula is C8H13NO2. The smallest absolute Gasteiger partial charge is 0.311 e. The van der Waals surface area contributed by atoms with Gasteiger partial charge in [0.15, 0.2) is 0 Å². The number of carbonyl (C=O) groups is 1. The van der Waals surface area contributed by atoms with Crippen molar-refractivity contribution in [2.75, 3.05) is 19.6 Å². The number of rotatable bonds is 3. The Balaban J connectivity index is 2.37. The lowest BCUT2D eigenvalue weighted by molar-refractivity contribution is -0.157. The lowest BCUT2D eigenvalue weighted by Gasteiger charge is -2.44. The molecule has 0 radical (unpaired) electrons. The largest absolute Gasteiger partial charge is 0.481 e. The van der Waals surface area contributed by atoms with Gasteiger partial charge in [0.2, 0.25) is 0 Å². The fraction of sp³-hybridized carbons (Fsp3) is 0.625. The van der Waals surface area contributed by atoms with Crippen LogP contribution in [0.2, 0.25) is 0 Å². The number of nitrogens with zero attached hydrogens (tertiary/aromatic N) is 1. The summed E-state index contributed by atoms with van der Waals surface area (Å²) in [6, 6.07) is 0. The molecule has 0 aliphatic carbocycles. The first-order valence-electron chi connectivity index (χ1n) is 3.65. The zero-order valence-electron chi connectivity index (χ0n) is 6.71. The molecule has 3 heteroatoms. The summed E-state index contributed by atoms with van der Waals surface area (Å²) >= 11 is 0. The monoisotopic (exact) mass is 155 g/mol. The third kappa shape index (κ3) is 1.43. The summed E-state index contributed by atoms with van der Waals surface area (Å²) in [5.74, 6) is -0.696. The van der Waals surface area contributed by atoms with Gasteiger partial charge in [-0.2, -0.15) is 0 Å². The molecule has 11 heavy (non-hydrogen) atoms. The third-order valence-corrected chi connectivity index (χ3v) is 2.05. The molecule has 0 spiro atoms. The van der Waals surface area contributed by atoms with Gasteiger partial charge in [-0.3, -0.25) is 9.69 Å². The maximum Gasteiger partial charge on any atom is 0.311 e. The summed E-state index contributed by atoms with van der Waals surface area (Å²) < 4.78 is 0. The van der Waals surface area contributed by atoms with Crippen LogP contribution in [0.25, 0.3) is 0 Å². The fourth-order valence-corrected chi connectivity index (χ4v) is 1.39. The van der Waals surface area contributed by atoms with Gasteiger partial charge in [0.25, 0.3) is 0 Å². The number of hydrogen-bond acceptors (Lipinski definition) is 2. The van der Waals surface area contributed by atoms with Crippen LogP contribution in [0.4, 0.5) is 0 Å². The predicted molar refractivity (Wildman–Crippen MR) is 42.4 cm³/mol. The van der Waals surface area contributed by atoms with Crippen molar-refractivity contribution in [2.24, 2.45) is 5.41 Å². The zero-order valence-corrected chi connectivity index (χ0v) is 6.71. The molecule has 0 atom stereocenters. The molecule has 1 aliphatic heterocycles. The molecule has 1 N–H and O–H groups in total. The Kier molecular flexibility index (Phi) is 2.00. The molecule has 1 fully saturated rings. The minimum atomic E-state index is -0.696. The van der Waals surface area contributed by atoms with Crippen LogP contribution in [0, 0.1) is 5.41 Å². The normalized spacial score (nSPS) is 22.3. The van der Waals surface area contributed by atoms with E-state index in [1.165, 1.54) is 0 Å². The van der Waals surface area contributed by atoms with Crippen LogP contribution >= 0.6 is 0 Å². The second kappa shape index (κ2) is 2.66. The van der Waals surface area contributed by atoms with Crippen LogP contribution in [-0.2, 0) is 4.79 Å². The molecule has 1 saturated heterocycles. The van der Waals surface area contributed by atoms with Gasteiger partial charge in [-0.15, -0.1) is 6.58 Å². The number of hydrogen-bond donors (Lipinski definition) is 1. The Hall–Kier alpha value is -0.830. The summed E-state index contributed by atoms with van der Waals surface area (Å²) in [7, 11) is 0. The standard InChI is InChI=1S/C8H13NO2/c1-3-4-9-5-8(2,6-9)7(10)11/h3H,1,4-6H2,2H3,(H,10,11). The van der Waals surface area contributed by atoms with Crippen molar-refractivity contribution in [1.82, 2.24) is 4.90 Å². The van der Waals surface area contributed by atoms with Crippen molar-refractivity contribution in [1.29, 1.82) is 0 Å². The quantitative estimate of drug-likeness (QED) is 0.606. The highest BCUT2D eigenvalue weighted by molar-refractivity contribution is 5.76. The first kappa shape index (κ1) is 8.27. The summed E-state index contributed by atoms with van der Waals surface area (Å²) in [4.78, 5) is 12.7. The Morgan fingerprint density at radius 1 is 1.82 bits per heavy atom. The zero-order chi connectivity index (χ0) is 8.48. The van der Waals surface area contributed by atoms with Crippen molar-refractivity contribution >= 4 is 5.97 Å².